The summed E-state index contributed by atoms with van der Waals surface area (Å²) >= 11 is 0. The molecule has 0 bridgehead atoms. The molecule has 2 aromatic rings. The molecule has 4 N–H and O–H groups in total. The number of phenolic OH excluding ortho intramolecular Hbond substituents is 1. The number of pyridine rings is 1. The summed E-state index contributed by atoms with van der Waals surface area (Å²) < 4.78 is 13.8. The van der Waals surface area contributed by atoms with Crippen LogP contribution in [-0.2, 0) is 9.59 Å². The highest BCUT2D eigenvalue weighted by Gasteiger charge is 2.34. The van der Waals surface area contributed by atoms with E-state index in [4.69, 9.17) is 5.73 Å². The smallest absolute Gasteiger partial charge is 0.313 e. The van der Waals surface area contributed by atoms with E-state index in [9.17, 15) is 23.9 Å². The SMILES string of the molecule is CC1CCC(c2ccc(O)c(F)c2)N(C(=O)C(=O)Nc2cncc(C(N)=O)c2)C1. The minimum Gasteiger partial charge on any atom is -0.505 e. The topological polar surface area (TPSA) is 126 Å². The number of hydrogen-bond donors (Lipinski definition) is 3. The van der Waals surface area contributed by atoms with Crippen LogP contribution >= 0.6 is 0 Å². The van der Waals surface area contributed by atoms with E-state index in [0.717, 1.165) is 6.42 Å². The lowest BCUT2D eigenvalue weighted by Crippen LogP contribution is -2.46. The molecule has 3 amide bonds. The molecule has 1 aromatic carbocycles. The molecule has 2 atom stereocenters. The van der Waals surface area contributed by atoms with Crippen LogP contribution in [-0.4, -0.2) is 39.3 Å². The Bertz CT molecular complexity index is 965. The van der Waals surface area contributed by atoms with Gasteiger partial charge >= 0.3 is 11.8 Å². The van der Waals surface area contributed by atoms with Gasteiger partial charge in [-0.05, 0) is 42.5 Å². The number of carbonyl (C=O) groups excluding carboxylic acids is 3. The van der Waals surface area contributed by atoms with Crippen molar-refractivity contribution in [3.05, 3.63) is 53.6 Å². The molecule has 0 aliphatic carbocycles. The average molecular weight is 400 g/mol. The van der Waals surface area contributed by atoms with Gasteiger partial charge in [0.25, 0.3) is 0 Å². The first-order chi connectivity index (χ1) is 13.8. The van der Waals surface area contributed by atoms with Crippen molar-refractivity contribution in [2.24, 2.45) is 11.7 Å². The third-order valence-corrected chi connectivity index (χ3v) is 4.91. The normalized spacial score (nSPS) is 18.9. The Balaban J connectivity index is 1.81. The first-order valence-corrected chi connectivity index (χ1v) is 9.11. The quantitative estimate of drug-likeness (QED) is 0.679. The van der Waals surface area contributed by atoms with Crippen molar-refractivity contribution < 1.29 is 23.9 Å². The van der Waals surface area contributed by atoms with E-state index >= 15 is 0 Å². The third kappa shape index (κ3) is 4.50. The minimum absolute atomic E-state index is 0.0966. The molecule has 1 fully saturated rings. The zero-order valence-corrected chi connectivity index (χ0v) is 15.8. The van der Waals surface area contributed by atoms with Crippen molar-refractivity contribution in [2.75, 3.05) is 11.9 Å². The molecule has 152 valence electrons. The Kier molecular flexibility index (Phi) is 5.76. The number of amides is 3. The fourth-order valence-electron chi connectivity index (χ4n) is 3.41. The van der Waals surface area contributed by atoms with Gasteiger partial charge in [-0.3, -0.25) is 19.4 Å². The van der Waals surface area contributed by atoms with Crippen LogP contribution in [0.5, 0.6) is 5.75 Å². The van der Waals surface area contributed by atoms with Gasteiger partial charge in [0.2, 0.25) is 5.91 Å². The van der Waals surface area contributed by atoms with Gasteiger partial charge < -0.3 is 21.1 Å². The molecule has 3 rings (SSSR count). The molecule has 2 unspecified atom stereocenters. The molecule has 1 aliphatic heterocycles. The van der Waals surface area contributed by atoms with Crippen LogP contribution in [0.2, 0.25) is 0 Å². The summed E-state index contributed by atoms with van der Waals surface area (Å²) in [5.74, 6) is -3.47. The second kappa shape index (κ2) is 8.26. The Hall–Kier alpha value is -3.49. The van der Waals surface area contributed by atoms with E-state index in [-0.39, 0.29) is 17.2 Å². The van der Waals surface area contributed by atoms with Crippen molar-refractivity contribution in [1.82, 2.24) is 9.88 Å². The highest BCUT2D eigenvalue weighted by Crippen LogP contribution is 2.34. The summed E-state index contributed by atoms with van der Waals surface area (Å²) in [6.07, 6.45) is 3.91. The van der Waals surface area contributed by atoms with Gasteiger partial charge in [0.05, 0.1) is 23.5 Å². The number of rotatable bonds is 3. The maximum atomic E-state index is 13.8. The molecular weight excluding hydrogens is 379 g/mol. The number of piperidine rings is 1. The molecule has 2 heterocycles. The summed E-state index contributed by atoms with van der Waals surface area (Å²) in [7, 11) is 0. The van der Waals surface area contributed by atoms with Gasteiger partial charge in [-0.1, -0.05) is 13.0 Å². The zero-order valence-electron chi connectivity index (χ0n) is 15.8. The highest BCUT2D eigenvalue weighted by atomic mass is 19.1. The molecule has 9 heteroatoms. The molecule has 1 aliphatic rings. The van der Waals surface area contributed by atoms with Gasteiger partial charge in [-0.15, -0.1) is 0 Å². The highest BCUT2D eigenvalue weighted by molar-refractivity contribution is 6.39. The van der Waals surface area contributed by atoms with E-state index < -0.39 is 35.3 Å². The fourth-order valence-corrected chi connectivity index (χ4v) is 3.41. The maximum absolute atomic E-state index is 13.8. The number of primary amides is 1. The second-order valence-corrected chi connectivity index (χ2v) is 7.15. The third-order valence-electron chi connectivity index (χ3n) is 4.91. The molecule has 0 saturated carbocycles. The van der Waals surface area contributed by atoms with Crippen LogP contribution in [0.1, 0.15) is 41.7 Å². The zero-order chi connectivity index (χ0) is 21.1. The van der Waals surface area contributed by atoms with E-state index in [2.05, 4.69) is 10.3 Å². The van der Waals surface area contributed by atoms with Gasteiger partial charge in [-0.2, -0.15) is 0 Å². The molecule has 8 nitrogen and oxygen atoms in total. The lowest BCUT2D eigenvalue weighted by Gasteiger charge is -2.38. The number of benzene rings is 1. The van der Waals surface area contributed by atoms with Crippen LogP contribution in [0.4, 0.5) is 10.1 Å². The molecule has 1 saturated heterocycles. The summed E-state index contributed by atoms with van der Waals surface area (Å²) in [6.45, 7) is 2.30. The summed E-state index contributed by atoms with van der Waals surface area (Å²) in [4.78, 5) is 41.9. The maximum Gasteiger partial charge on any atom is 0.313 e. The van der Waals surface area contributed by atoms with Gasteiger partial charge in [-0.25, -0.2) is 4.39 Å². The Morgan fingerprint density at radius 3 is 2.69 bits per heavy atom. The van der Waals surface area contributed by atoms with Crippen LogP contribution in [0.25, 0.3) is 0 Å². The number of likely N-dealkylation sites (tertiary alicyclic amines) is 1. The van der Waals surface area contributed by atoms with Crippen LogP contribution in [0.15, 0.2) is 36.7 Å². The Morgan fingerprint density at radius 1 is 1.24 bits per heavy atom. The van der Waals surface area contributed by atoms with Crippen molar-refractivity contribution in [3.63, 3.8) is 0 Å². The summed E-state index contributed by atoms with van der Waals surface area (Å²) in [5, 5.41) is 11.8. The van der Waals surface area contributed by atoms with E-state index in [0.29, 0.717) is 18.5 Å². The van der Waals surface area contributed by atoms with Crippen molar-refractivity contribution in [1.29, 1.82) is 0 Å². The lowest BCUT2D eigenvalue weighted by atomic mass is 9.89. The predicted octanol–water partition coefficient (Wildman–Crippen LogP) is 1.96. The lowest BCUT2D eigenvalue weighted by molar-refractivity contribution is -0.146. The number of nitrogens with one attached hydrogen (secondary N) is 1. The van der Waals surface area contributed by atoms with Crippen LogP contribution in [0, 0.1) is 11.7 Å². The predicted molar refractivity (Wildman–Crippen MR) is 102 cm³/mol. The van der Waals surface area contributed by atoms with Gasteiger partial charge in [0, 0.05) is 12.7 Å². The number of phenols is 1. The molecule has 1 aromatic heterocycles. The number of aromatic nitrogens is 1. The number of anilines is 1. The standard InChI is InChI=1S/C20H21FN4O4/c1-11-2-4-16(12-3-5-17(26)15(21)7-12)25(10-11)20(29)19(28)24-14-6-13(18(22)27)8-23-9-14/h3,5-9,11,16,26H,2,4,10H2,1H3,(H2,22,27)(H,24,28). The Labute approximate surface area is 166 Å². The second-order valence-electron chi connectivity index (χ2n) is 7.15. The van der Waals surface area contributed by atoms with E-state index in [1.165, 1.54) is 41.6 Å². The first kappa shape index (κ1) is 20.2. The van der Waals surface area contributed by atoms with Crippen molar-refractivity contribution in [2.45, 2.75) is 25.8 Å². The van der Waals surface area contributed by atoms with Crippen molar-refractivity contribution >= 4 is 23.4 Å². The first-order valence-electron chi connectivity index (χ1n) is 9.11. The van der Waals surface area contributed by atoms with Crippen LogP contribution in [0.3, 0.4) is 0 Å². The Morgan fingerprint density at radius 2 is 2.00 bits per heavy atom. The number of halogens is 1. The molecule has 0 radical (unpaired) electrons. The summed E-state index contributed by atoms with van der Waals surface area (Å²) in [6, 6.07) is 4.78. The van der Waals surface area contributed by atoms with Crippen molar-refractivity contribution in [3.8, 4) is 5.75 Å². The summed E-state index contributed by atoms with van der Waals surface area (Å²) in [5.41, 5.74) is 5.96. The number of aromatic hydroxyl groups is 1. The van der Waals surface area contributed by atoms with Crippen LogP contribution < -0.4 is 11.1 Å². The van der Waals surface area contributed by atoms with E-state index in [1.807, 2.05) is 6.92 Å². The van der Waals surface area contributed by atoms with Gasteiger partial charge in [0.1, 0.15) is 0 Å². The van der Waals surface area contributed by atoms with E-state index in [1.54, 1.807) is 0 Å². The number of nitrogens with zero attached hydrogens (tertiary/aromatic N) is 2. The van der Waals surface area contributed by atoms with Gasteiger partial charge in [0.15, 0.2) is 11.6 Å². The molecule has 0 spiro atoms. The number of carbonyl (C=O) groups is 3. The molecule has 29 heavy (non-hydrogen) atoms. The number of nitrogens with two attached hydrogens (primary N) is 1. The average Bonchev–Trinajstić information content (AvgIpc) is 2.69. The number of hydrogen-bond acceptors (Lipinski definition) is 5. The monoisotopic (exact) mass is 400 g/mol. The fraction of sp³-hybridized carbons (Fsp3) is 0.300. The minimum atomic E-state index is -0.897. The molecular formula is C20H21FN4O4. The largest absolute Gasteiger partial charge is 0.505 e.